The Bertz CT molecular complexity index is 917. The molecule has 1 N–H and O–H groups in total. The van der Waals surface area contributed by atoms with Gasteiger partial charge in [0.1, 0.15) is 22.6 Å². The predicted octanol–water partition coefficient (Wildman–Crippen LogP) is 2.93. The molecule has 2 rings (SSSR count). The van der Waals surface area contributed by atoms with Gasteiger partial charge in [-0.2, -0.15) is 4.72 Å². The number of carbonyl (C=O) groups is 1. The van der Waals surface area contributed by atoms with Crippen molar-refractivity contribution in [2.75, 3.05) is 7.05 Å². The molecule has 1 atom stereocenters. The van der Waals surface area contributed by atoms with E-state index >= 15 is 0 Å². The van der Waals surface area contributed by atoms with Gasteiger partial charge in [-0.05, 0) is 24.1 Å². The van der Waals surface area contributed by atoms with Crippen LogP contribution in [0.25, 0.3) is 0 Å². The summed E-state index contributed by atoms with van der Waals surface area (Å²) in [6.45, 7) is 3.32. The SMILES string of the molecule is CC(C)[C@H](NS(=O)(=O)c1ccccc1F)C(=O)N(C)Cc1ccccc1F. The zero-order valence-electron chi connectivity index (χ0n) is 15.3. The van der Waals surface area contributed by atoms with Crippen LogP contribution in [0.15, 0.2) is 53.4 Å². The summed E-state index contributed by atoms with van der Waals surface area (Å²) in [4.78, 5) is 13.5. The van der Waals surface area contributed by atoms with Crippen LogP contribution in [0.2, 0.25) is 0 Å². The summed E-state index contributed by atoms with van der Waals surface area (Å²) in [5.74, 6) is -2.29. The van der Waals surface area contributed by atoms with Crippen molar-refractivity contribution < 1.29 is 22.0 Å². The fourth-order valence-electron chi connectivity index (χ4n) is 2.56. The molecule has 0 spiro atoms. The second kappa shape index (κ2) is 8.58. The van der Waals surface area contributed by atoms with E-state index in [2.05, 4.69) is 4.72 Å². The lowest BCUT2D eigenvalue weighted by atomic mass is 10.0. The van der Waals surface area contributed by atoms with Crippen LogP contribution in [0.3, 0.4) is 0 Å². The highest BCUT2D eigenvalue weighted by atomic mass is 32.2. The molecule has 0 radical (unpaired) electrons. The lowest BCUT2D eigenvalue weighted by Crippen LogP contribution is -2.50. The molecule has 0 saturated carbocycles. The number of nitrogens with zero attached hydrogens (tertiary/aromatic N) is 1. The van der Waals surface area contributed by atoms with Crippen LogP contribution >= 0.6 is 0 Å². The van der Waals surface area contributed by atoms with E-state index in [0.29, 0.717) is 5.56 Å². The fourth-order valence-corrected chi connectivity index (χ4v) is 3.98. The molecule has 146 valence electrons. The molecular weight excluding hydrogens is 374 g/mol. The lowest BCUT2D eigenvalue weighted by molar-refractivity contribution is -0.133. The number of rotatable bonds is 7. The molecule has 0 aliphatic rings. The normalized spacial score (nSPS) is 12.8. The Hall–Kier alpha value is -2.32. The number of likely N-dealkylation sites (N-methyl/N-ethyl adjacent to an activating group) is 1. The van der Waals surface area contributed by atoms with Gasteiger partial charge in [-0.15, -0.1) is 0 Å². The summed E-state index contributed by atoms with van der Waals surface area (Å²) in [5, 5.41) is 0. The number of hydrogen-bond acceptors (Lipinski definition) is 3. The van der Waals surface area contributed by atoms with Crippen LogP contribution < -0.4 is 4.72 Å². The molecule has 0 aliphatic carbocycles. The Labute approximate surface area is 158 Å². The van der Waals surface area contributed by atoms with Gasteiger partial charge in [-0.3, -0.25) is 4.79 Å². The second-order valence-electron chi connectivity index (χ2n) is 6.56. The molecule has 2 aromatic carbocycles. The molecular formula is C19H22F2N2O3S. The molecule has 0 aromatic heterocycles. The van der Waals surface area contributed by atoms with E-state index < -0.39 is 44.4 Å². The molecule has 0 heterocycles. The Kier molecular flexibility index (Phi) is 6.67. The van der Waals surface area contributed by atoms with E-state index in [-0.39, 0.29) is 6.54 Å². The molecule has 8 heteroatoms. The van der Waals surface area contributed by atoms with Crippen LogP contribution in [0, 0.1) is 17.6 Å². The topological polar surface area (TPSA) is 66.5 Å². The first-order valence-electron chi connectivity index (χ1n) is 8.38. The van der Waals surface area contributed by atoms with Crippen LogP contribution in [0.1, 0.15) is 19.4 Å². The summed E-state index contributed by atoms with van der Waals surface area (Å²) in [6.07, 6.45) is 0. The van der Waals surface area contributed by atoms with Crippen molar-refractivity contribution in [1.29, 1.82) is 0 Å². The number of amides is 1. The summed E-state index contributed by atoms with van der Waals surface area (Å²) < 4.78 is 55.0. The van der Waals surface area contributed by atoms with Crippen molar-refractivity contribution in [3.05, 3.63) is 65.7 Å². The maximum absolute atomic E-state index is 13.9. The first-order chi connectivity index (χ1) is 12.6. The monoisotopic (exact) mass is 396 g/mol. The molecule has 5 nitrogen and oxygen atoms in total. The number of nitrogens with one attached hydrogen (secondary N) is 1. The van der Waals surface area contributed by atoms with Gasteiger partial charge < -0.3 is 4.90 Å². The summed E-state index contributed by atoms with van der Waals surface area (Å²) in [6, 6.07) is 9.84. The first kappa shape index (κ1) is 21.0. The van der Waals surface area contributed by atoms with Gasteiger partial charge in [-0.25, -0.2) is 17.2 Å². The maximum atomic E-state index is 13.9. The Morgan fingerprint density at radius 1 is 1.04 bits per heavy atom. The third-order valence-electron chi connectivity index (χ3n) is 4.08. The minimum absolute atomic E-state index is 0.0177. The van der Waals surface area contributed by atoms with Gasteiger partial charge in [0.05, 0.1) is 0 Å². The lowest BCUT2D eigenvalue weighted by Gasteiger charge is -2.27. The van der Waals surface area contributed by atoms with E-state index in [4.69, 9.17) is 0 Å². The summed E-state index contributed by atoms with van der Waals surface area (Å²) >= 11 is 0. The molecule has 27 heavy (non-hydrogen) atoms. The van der Waals surface area contributed by atoms with Gasteiger partial charge in [-0.1, -0.05) is 44.2 Å². The summed E-state index contributed by atoms with van der Waals surface area (Å²) in [5.41, 5.74) is 0.313. The van der Waals surface area contributed by atoms with E-state index in [1.807, 2.05) is 0 Å². The fraction of sp³-hybridized carbons (Fsp3) is 0.316. The largest absolute Gasteiger partial charge is 0.340 e. The first-order valence-corrected chi connectivity index (χ1v) is 9.87. The Morgan fingerprint density at radius 2 is 1.59 bits per heavy atom. The van der Waals surface area contributed by atoms with Crippen molar-refractivity contribution in [1.82, 2.24) is 9.62 Å². The number of halogens is 2. The van der Waals surface area contributed by atoms with Crippen LogP contribution in [0.5, 0.6) is 0 Å². The van der Waals surface area contributed by atoms with Gasteiger partial charge in [0.25, 0.3) is 0 Å². The van der Waals surface area contributed by atoms with E-state index in [1.54, 1.807) is 32.0 Å². The van der Waals surface area contributed by atoms with Crippen LogP contribution in [-0.2, 0) is 21.4 Å². The highest BCUT2D eigenvalue weighted by Gasteiger charge is 2.31. The number of carbonyl (C=O) groups excluding carboxylic acids is 1. The zero-order valence-corrected chi connectivity index (χ0v) is 16.1. The average molecular weight is 396 g/mol. The quantitative estimate of drug-likeness (QED) is 0.783. The molecule has 0 bridgehead atoms. The smallest absolute Gasteiger partial charge is 0.244 e. The van der Waals surface area contributed by atoms with Gasteiger partial charge in [0, 0.05) is 19.2 Å². The van der Waals surface area contributed by atoms with Crippen LogP contribution in [-0.4, -0.2) is 32.3 Å². The van der Waals surface area contributed by atoms with E-state index in [1.165, 1.54) is 30.1 Å². The standard InChI is InChI=1S/C19H22F2N2O3S/c1-13(2)18(22-27(25,26)17-11-7-6-10-16(17)21)19(24)23(3)12-14-8-4-5-9-15(14)20/h4-11,13,18,22H,12H2,1-3H3/t18-/m0/s1. The van der Waals surface area contributed by atoms with Gasteiger partial charge >= 0.3 is 0 Å². The third-order valence-corrected chi connectivity index (χ3v) is 5.56. The predicted molar refractivity (Wildman–Crippen MR) is 98.2 cm³/mol. The molecule has 0 aliphatic heterocycles. The molecule has 2 aromatic rings. The average Bonchev–Trinajstić information content (AvgIpc) is 2.61. The number of sulfonamides is 1. The van der Waals surface area contributed by atoms with E-state index in [9.17, 15) is 22.0 Å². The molecule has 0 fully saturated rings. The Morgan fingerprint density at radius 3 is 2.15 bits per heavy atom. The summed E-state index contributed by atoms with van der Waals surface area (Å²) in [7, 11) is -2.78. The van der Waals surface area contributed by atoms with Crippen molar-refractivity contribution >= 4 is 15.9 Å². The van der Waals surface area contributed by atoms with Crippen molar-refractivity contribution in [2.24, 2.45) is 5.92 Å². The molecule has 0 unspecified atom stereocenters. The van der Waals surface area contributed by atoms with Crippen molar-refractivity contribution in [3.63, 3.8) is 0 Å². The van der Waals surface area contributed by atoms with E-state index in [0.717, 1.165) is 12.1 Å². The van der Waals surface area contributed by atoms with Crippen molar-refractivity contribution in [3.8, 4) is 0 Å². The number of benzene rings is 2. The minimum Gasteiger partial charge on any atom is -0.340 e. The van der Waals surface area contributed by atoms with Gasteiger partial charge in [0.15, 0.2) is 0 Å². The number of hydrogen-bond donors (Lipinski definition) is 1. The van der Waals surface area contributed by atoms with Crippen LogP contribution in [0.4, 0.5) is 8.78 Å². The highest BCUT2D eigenvalue weighted by molar-refractivity contribution is 7.89. The Balaban J connectivity index is 2.22. The molecule has 1 amide bonds. The molecule has 0 saturated heterocycles. The highest BCUT2D eigenvalue weighted by Crippen LogP contribution is 2.17. The van der Waals surface area contributed by atoms with Gasteiger partial charge in [0.2, 0.25) is 15.9 Å². The maximum Gasteiger partial charge on any atom is 0.244 e. The zero-order chi connectivity index (χ0) is 20.2. The minimum atomic E-state index is -4.24. The second-order valence-corrected chi connectivity index (χ2v) is 8.24. The third kappa shape index (κ3) is 5.11. The van der Waals surface area contributed by atoms with Crippen molar-refractivity contribution in [2.45, 2.75) is 31.3 Å².